The van der Waals surface area contributed by atoms with Crippen molar-refractivity contribution >= 4 is 17.8 Å². The number of rotatable bonds is 5. The van der Waals surface area contributed by atoms with Gasteiger partial charge in [-0.3, -0.25) is 14.4 Å². The summed E-state index contributed by atoms with van der Waals surface area (Å²) in [5.41, 5.74) is 0.765. The SMILES string of the molecule is COC(=O)CCC(=O)N1CCCN(C(=O)Cc2ccc(F)cc2)CC1. The molecule has 1 aromatic rings. The molecule has 136 valence electrons. The van der Waals surface area contributed by atoms with Gasteiger partial charge in [0.2, 0.25) is 11.8 Å². The molecular weight excluding hydrogens is 327 g/mol. The van der Waals surface area contributed by atoms with E-state index in [0.717, 1.165) is 5.56 Å². The number of amides is 2. The van der Waals surface area contributed by atoms with Gasteiger partial charge in [0.05, 0.1) is 20.0 Å². The van der Waals surface area contributed by atoms with Gasteiger partial charge in [0.1, 0.15) is 5.82 Å². The molecule has 0 aromatic heterocycles. The van der Waals surface area contributed by atoms with Crippen LogP contribution in [0.3, 0.4) is 0 Å². The van der Waals surface area contributed by atoms with Crippen LogP contribution >= 0.6 is 0 Å². The van der Waals surface area contributed by atoms with Crippen molar-refractivity contribution < 1.29 is 23.5 Å². The van der Waals surface area contributed by atoms with Gasteiger partial charge in [-0.1, -0.05) is 12.1 Å². The lowest BCUT2D eigenvalue weighted by Crippen LogP contribution is -2.38. The lowest BCUT2D eigenvalue weighted by Gasteiger charge is -2.22. The Morgan fingerprint density at radius 1 is 0.960 bits per heavy atom. The van der Waals surface area contributed by atoms with E-state index in [2.05, 4.69) is 4.74 Å². The van der Waals surface area contributed by atoms with Crippen LogP contribution in [0.1, 0.15) is 24.8 Å². The fourth-order valence-electron chi connectivity index (χ4n) is 2.77. The molecule has 0 bridgehead atoms. The predicted octanol–water partition coefficient (Wildman–Crippen LogP) is 1.38. The number of esters is 1. The lowest BCUT2D eigenvalue weighted by molar-refractivity contribution is -0.143. The van der Waals surface area contributed by atoms with Gasteiger partial charge in [-0.15, -0.1) is 0 Å². The van der Waals surface area contributed by atoms with Gasteiger partial charge in [-0.05, 0) is 24.1 Å². The standard InChI is InChI=1S/C18H23FN2O4/c1-25-18(24)8-7-16(22)20-9-2-10-21(12-11-20)17(23)13-14-3-5-15(19)6-4-14/h3-6H,2,7-13H2,1H3. The third kappa shape index (κ3) is 5.85. The number of methoxy groups -OCH3 is 1. The highest BCUT2D eigenvalue weighted by atomic mass is 19.1. The number of hydrogen-bond donors (Lipinski definition) is 0. The van der Waals surface area contributed by atoms with Crippen molar-refractivity contribution in [1.82, 2.24) is 9.80 Å². The van der Waals surface area contributed by atoms with Gasteiger partial charge in [-0.2, -0.15) is 0 Å². The molecule has 7 heteroatoms. The summed E-state index contributed by atoms with van der Waals surface area (Å²) in [6.07, 6.45) is 1.10. The number of carbonyl (C=O) groups is 3. The Morgan fingerprint density at radius 2 is 1.56 bits per heavy atom. The van der Waals surface area contributed by atoms with Crippen molar-refractivity contribution in [3.8, 4) is 0 Å². The molecule has 1 saturated heterocycles. The van der Waals surface area contributed by atoms with Crippen LogP contribution in [-0.2, 0) is 25.5 Å². The van der Waals surface area contributed by atoms with Crippen LogP contribution in [0, 0.1) is 5.82 Å². The zero-order chi connectivity index (χ0) is 18.2. The summed E-state index contributed by atoms with van der Waals surface area (Å²) in [6, 6.07) is 5.89. The molecule has 2 amide bonds. The van der Waals surface area contributed by atoms with Crippen LogP contribution in [0.2, 0.25) is 0 Å². The van der Waals surface area contributed by atoms with E-state index in [0.29, 0.717) is 32.6 Å². The summed E-state index contributed by atoms with van der Waals surface area (Å²) in [7, 11) is 1.29. The molecule has 0 radical (unpaired) electrons. The molecule has 1 fully saturated rings. The molecule has 0 spiro atoms. The van der Waals surface area contributed by atoms with Crippen LogP contribution in [0.5, 0.6) is 0 Å². The molecule has 0 N–H and O–H groups in total. The molecule has 1 aromatic carbocycles. The van der Waals surface area contributed by atoms with E-state index in [1.165, 1.54) is 19.2 Å². The van der Waals surface area contributed by atoms with Crippen LogP contribution < -0.4 is 0 Å². The Labute approximate surface area is 146 Å². The van der Waals surface area contributed by atoms with Crippen LogP contribution in [0.25, 0.3) is 0 Å². The molecule has 1 aliphatic heterocycles. The van der Waals surface area contributed by atoms with Gasteiger partial charge in [0.25, 0.3) is 0 Å². The predicted molar refractivity (Wildman–Crippen MR) is 89.1 cm³/mol. The molecule has 0 atom stereocenters. The summed E-state index contributed by atoms with van der Waals surface area (Å²) >= 11 is 0. The first-order valence-corrected chi connectivity index (χ1v) is 8.36. The van der Waals surface area contributed by atoms with Crippen molar-refractivity contribution in [2.45, 2.75) is 25.7 Å². The molecule has 25 heavy (non-hydrogen) atoms. The number of ether oxygens (including phenoxy) is 1. The first-order valence-electron chi connectivity index (χ1n) is 8.36. The van der Waals surface area contributed by atoms with Crippen LogP contribution in [-0.4, -0.2) is 60.9 Å². The van der Waals surface area contributed by atoms with Crippen molar-refractivity contribution in [1.29, 1.82) is 0 Å². The van der Waals surface area contributed by atoms with Crippen molar-refractivity contribution in [3.05, 3.63) is 35.6 Å². The third-order valence-corrected chi connectivity index (χ3v) is 4.24. The summed E-state index contributed by atoms with van der Waals surface area (Å²) in [6.45, 7) is 2.07. The molecular formula is C18H23FN2O4. The van der Waals surface area contributed by atoms with Gasteiger partial charge >= 0.3 is 5.97 Å². The van der Waals surface area contributed by atoms with Crippen LogP contribution in [0.4, 0.5) is 4.39 Å². The fourth-order valence-corrected chi connectivity index (χ4v) is 2.77. The highest BCUT2D eigenvalue weighted by Crippen LogP contribution is 2.10. The van der Waals surface area contributed by atoms with E-state index in [1.807, 2.05) is 0 Å². The average molecular weight is 350 g/mol. The van der Waals surface area contributed by atoms with Crippen molar-refractivity contribution in [3.63, 3.8) is 0 Å². The Kier molecular flexibility index (Phi) is 6.91. The molecule has 1 aliphatic rings. The molecule has 0 aliphatic carbocycles. The Hall–Kier alpha value is -2.44. The van der Waals surface area contributed by atoms with Gasteiger partial charge in [0.15, 0.2) is 0 Å². The maximum Gasteiger partial charge on any atom is 0.306 e. The minimum Gasteiger partial charge on any atom is -0.469 e. The summed E-state index contributed by atoms with van der Waals surface area (Å²) in [5, 5.41) is 0. The average Bonchev–Trinajstić information content (AvgIpc) is 2.87. The van der Waals surface area contributed by atoms with Crippen molar-refractivity contribution in [2.24, 2.45) is 0 Å². The van der Waals surface area contributed by atoms with E-state index in [9.17, 15) is 18.8 Å². The summed E-state index contributed by atoms with van der Waals surface area (Å²) < 4.78 is 17.5. The first kappa shape index (κ1) is 18.9. The summed E-state index contributed by atoms with van der Waals surface area (Å²) in [5.74, 6) is -0.861. The Bertz CT molecular complexity index is 618. The largest absolute Gasteiger partial charge is 0.469 e. The quantitative estimate of drug-likeness (QED) is 0.753. The number of hydrogen-bond acceptors (Lipinski definition) is 4. The molecule has 1 heterocycles. The monoisotopic (exact) mass is 350 g/mol. The maximum atomic E-state index is 12.9. The second-order valence-corrected chi connectivity index (χ2v) is 5.99. The normalized spacial score (nSPS) is 14.8. The number of carbonyl (C=O) groups excluding carboxylic acids is 3. The van der Waals surface area contributed by atoms with E-state index >= 15 is 0 Å². The van der Waals surface area contributed by atoms with Crippen molar-refractivity contribution in [2.75, 3.05) is 33.3 Å². The Morgan fingerprint density at radius 3 is 2.16 bits per heavy atom. The fraction of sp³-hybridized carbons (Fsp3) is 0.500. The highest BCUT2D eigenvalue weighted by molar-refractivity contribution is 5.82. The van der Waals surface area contributed by atoms with E-state index < -0.39 is 5.97 Å². The molecule has 0 unspecified atom stereocenters. The number of benzene rings is 1. The van der Waals surface area contributed by atoms with Crippen LogP contribution in [0.15, 0.2) is 24.3 Å². The third-order valence-electron chi connectivity index (χ3n) is 4.24. The molecule has 0 saturated carbocycles. The second kappa shape index (κ2) is 9.15. The van der Waals surface area contributed by atoms with E-state index in [1.54, 1.807) is 21.9 Å². The van der Waals surface area contributed by atoms with E-state index in [-0.39, 0.29) is 36.9 Å². The molecule has 2 rings (SSSR count). The number of nitrogens with zero attached hydrogens (tertiary/aromatic N) is 2. The number of halogens is 1. The maximum absolute atomic E-state index is 12.9. The van der Waals surface area contributed by atoms with E-state index in [4.69, 9.17) is 0 Å². The highest BCUT2D eigenvalue weighted by Gasteiger charge is 2.22. The van der Waals surface area contributed by atoms with Gasteiger partial charge < -0.3 is 14.5 Å². The zero-order valence-electron chi connectivity index (χ0n) is 14.4. The minimum atomic E-state index is -0.403. The molecule has 6 nitrogen and oxygen atoms in total. The zero-order valence-corrected chi connectivity index (χ0v) is 14.4. The Balaban J connectivity index is 1.83. The van der Waals surface area contributed by atoms with Gasteiger partial charge in [-0.25, -0.2) is 4.39 Å². The minimum absolute atomic E-state index is 0.0320. The summed E-state index contributed by atoms with van der Waals surface area (Å²) in [4.78, 5) is 39.1. The first-order chi connectivity index (χ1) is 12.0. The lowest BCUT2D eigenvalue weighted by atomic mass is 10.1. The topological polar surface area (TPSA) is 66.9 Å². The second-order valence-electron chi connectivity index (χ2n) is 5.99. The smallest absolute Gasteiger partial charge is 0.306 e. The van der Waals surface area contributed by atoms with Gasteiger partial charge in [0, 0.05) is 32.6 Å².